The molecule has 1 aromatic heterocycles. The Labute approximate surface area is 185 Å². The van der Waals surface area contributed by atoms with Gasteiger partial charge in [0.15, 0.2) is 17.8 Å². The van der Waals surface area contributed by atoms with Crippen molar-refractivity contribution < 1.29 is 9.59 Å². The molecule has 1 aliphatic heterocycles. The lowest BCUT2D eigenvalue weighted by Gasteiger charge is -2.31. The van der Waals surface area contributed by atoms with Crippen molar-refractivity contribution in [2.24, 2.45) is 5.10 Å². The molecule has 0 fully saturated rings. The highest BCUT2D eigenvalue weighted by molar-refractivity contribution is 7.10. The van der Waals surface area contributed by atoms with E-state index in [-0.39, 0.29) is 17.9 Å². The Balaban J connectivity index is 1.83. The Hall–Kier alpha value is -3.45. The molecule has 0 saturated carbocycles. The number of hydrazone groups is 1. The van der Waals surface area contributed by atoms with Crippen LogP contribution in [0.2, 0.25) is 0 Å². The number of ketones is 1. The zero-order valence-electron chi connectivity index (χ0n) is 17.9. The monoisotopic (exact) mass is 432 g/mol. The van der Waals surface area contributed by atoms with E-state index in [0.29, 0.717) is 11.5 Å². The Morgan fingerprint density at radius 2 is 1.58 bits per heavy atom. The summed E-state index contributed by atoms with van der Waals surface area (Å²) in [6.07, 6.45) is -0.284. The lowest BCUT2D eigenvalue weighted by molar-refractivity contribution is -0.114. The largest absolute Gasteiger partial charge is 0.326 e. The van der Waals surface area contributed by atoms with Gasteiger partial charge in [-0.25, -0.2) is 5.01 Å². The van der Waals surface area contributed by atoms with Crippen molar-refractivity contribution in [1.82, 2.24) is 0 Å². The van der Waals surface area contributed by atoms with Gasteiger partial charge in [-0.05, 0) is 67.3 Å². The van der Waals surface area contributed by atoms with E-state index in [2.05, 4.69) is 23.7 Å². The standard InChI is InChI=1S/C24H24N4O2S/c1-15-5-9-21(10-6-15)28-24(22-16(2)13-14-31-22)27(23(26-28)17(3)29)20-11-7-19(8-12-20)25-18(4)30/h5-14,24H,1-4H3,(H,25,30)/t24-/m0/s1. The Kier molecular flexibility index (Phi) is 5.61. The van der Waals surface area contributed by atoms with Gasteiger partial charge in [0.2, 0.25) is 5.91 Å². The quantitative estimate of drug-likeness (QED) is 0.598. The molecule has 0 aliphatic carbocycles. The van der Waals surface area contributed by atoms with Crippen LogP contribution in [0.4, 0.5) is 17.1 Å². The van der Waals surface area contributed by atoms with Crippen molar-refractivity contribution in [3.05, 3.63) is 76.0 Å². The molecule has 0 saturated heterocycles. The number of Topliss-reactive ketones (excluding diaryl/α,β-unsaturated/α-hetero) is 1. The van der Waals surface area contributed by atoms with Crippen LogP contribution in [0.3, 0.4) is 0 Å². The number of amidine groups is 1. The van der Waals surface area contributed by atoms with Gasteiger partial charge in [-0.1, -0.05) is 17.7 Å². The fourth-order valence-corrected chi connectivity index (χ4v) is 4.62. The number of anilines is 3. The molecule has 1 atom stereocenters. The molecule has 0 radical (unpaired) electrons. The summed E-state index contributed by atoms with van der Waals surface area (Å²) in [6, 6.07) is 17.7. The summed E-state index contributed by atoms with van der Waals surface area (Å²) >= 11 is 1.65. The highest BCUT2D eigenvalue weighted by Gasteiger charge is 2.40. The molecule has 3 aromatic rings. The third-order valence-corrected chi connectivity index (χ3v) is 6.18. The maximum Gasteiger partial charge on any atom is 0.221 e. The van der Waals surface area contributed by atoms with Gasteiger partial charge in [-0.3, -0.25) is 14.5 Å². The van der Waals surface area contributed by atoms with Crippen molar-refractivity contribution in [3.8, 4) is 0 Å². The molecule has 0 bridgehead atoms. The number of rotatable bonds is 5. The molecule has 1 amide bonds. The number of thiophene rings is 1. The second kappa shape index (κ2) is 8.35. The molecule has 158 valence electrons. The maximum absolute atomic E-state index is 12.6. The molecule has 6 nitrogen and oxygen atoms in total. The molecule has 2 aromatic carbocycles. The van der Waals surface area contributed by atoms with E-state index in [1.807, 2.05) is 65.4 Å². The van der Waals surface area contributed by atoms with Gasteiger partial charge in [0, 0.05) is 25.2 Å². The van der Waals surface area contributed by atoms with Gasteiger partial charge >= 0.3 is 0 Å². The summed E-state index contributed by atoms with van der Waals surface area (Å²) in [4.78, 5) is 27.1. The van der Waals surface area contributed by atoms with Gasteiger partial charge in [0.1, 0.15) is 0 Å². The fourth-order valence-electron chi connectivity index (χ4n) is 3.62. The fraction of sp³-hybridized carbons (Fsp3) is 0.208. The summed E-state index contributed by atoms with van der Waals surface area (Å²) in [5, 5.41) is 11.5. The summed E-state index contributed by atoms with van der Waals surface area (Å²) in [5.74, 6) is 0.142. The van der Waals surface area contributed by atoms with Crippen LogP contribution in [0.15, 0.2) is 65.1 Å². The summed E-state index contributed by atoms with van der Waals surface area (Å²) in [5.41, 5.74) is 4.76. The van der Waals surface area contributed by atoms with Crippen molar-refractivity contribution in [1.29, 1.82) is 0 Å². The molecular formula is C24H24N4O2S. The third kappa shape index (κ3) is 4.09. The Morgan fingerprint density at radius 3 is 2.13 bits per heavy atom. The minimum atomic E-state index is -0.284. The van der Waals surface area contributed by atoms with Gasteiger partial charge in [-0.15, -0.1) is 16.4 Å². The van der Waals surface area contributed by atoms with E-state index in [4.69, 9.17) is 5.10 Å². The minimum Gasteiger partial charge on any atom is -0.326 e. The lowest BCUT2D eigenvalue weighted by Crippen LogP contribution is -2.37. The second-order valence-corrected chi connectivity index (χ2v) is 8.55. The highest BCUT2D eigenvalue weighted by Crippen LogP contribution is 2.42. The number of hydrogen-bond acceptors (Lipinski definition) is 6. The first kappa shape index (κ1) is 20.8. The van der Waals surface area contributed by atoms with Crippen LogP contribution in [-0.4, -0.2) is 17.5 Å². The molecule has 4 rings (SSSR count). The van der Waals surface area contributed by atoms with Gasteiger partial charge in [0.05, 0.1) is 10.6 Å². The predicted octanol–water partition coefficient (Wildman–Crippen LogP) is 5.25. The van der Waals surface area contributed by atoms with Crippen LogP contribution in [0, 0.1) is 13.8 Å². The first-order chi connectivity index (χ1) is 14.8. The molecule has 1 aliphatic rings. The van der Waals surface area contributed by atoms with Crippen molar-refractivity contribution >= 4 is 45.9 Å². The van der Waals surface area contributed by atoms with E-state index in [0.717, 1.165) is 27.4 Å². The number of nitrogens with one attached hydrogen (secondary N) is 1. The smallest absolute Gasteiger partial charge is 0.221 e. The molecule has 0 unspecified atom stereocenters. The van der Waals surface area contributed by atoms with Crippen LogP contribution >= 0.6 is 11.3 Å². The molecular weight excluding hydrogens is 408 g/mol. The van der Waals surface area contributed by atoms with Gasteiger partial charge < -0.3 is 5.32 Å². The Bertz CT molecular complexity index is 1150. The Morgan fingerprint density at radius 1 is 0.935 bits per heavy atom. The van der Waals surface area contributed by atoms with Gasteiger partial charge in [0.25, 0.3) is 0 Å². The number of carbonyl (C=O) groups excluding carboxylic acids is 2. The summed E-state index contributed by atoms with van der Waals surface area (Å²) < 4.78 is 0. The predicted molar refractivity (Wildman–Crippen MR) is 127 cm³/mol. The normalized spacial score (nSPS) is 15.7. The number of aryl methyl sites for hydroxylation is 2. The molecule has 1 N–H and O–H groups in total. The van der Waals surface area contributed by atoms with E-state index >= 15 is 0 Å². The number of hydrogen-bond donors (Lipinski definition) is 1. The van der Waals surface area contributed by atoms with Crippen molar-refractivity contribution in [2.75, 3.05) is 15.2 Å². The van der Waals surface area contributed by atoms with Crippen LogP contribution in [0.1, 0.15) is 36.0 Å². The van der Waals surface area contributed by atoms with Crippen molar-refractivity contribution in [3.63, 3.8) is 0 Å². The number of carbonyl (C=O) groups is 2. The van der Waals surface area contributed by atoms with Crippen LogP contribution in [0.25, 0.3) is 0 Å². The van der Waals surface area contributed by atoms with Crippen LogP contribution in [-0.2, 0) is 9.59 Å². The molecule has 2 heterocycles. The summed E-state index contributed by atoms with van der Waals surface area (Å²) in [7, 11) is 0. The van der Waals surface area contributed by atoms with Gasteiger partial charge in [-0.2, -0.15) is 0 Å². The highest BCUT2D eigenvalue weighted by atomic mass is 32.1. The zero-order chi connectivity index (χ0) is 22.1. The van der Waals surface area contributed by atoms with Crippen molar-refractivity contribution in [2.45, 2.75) is 33.9 Å². The maximum atomic E-state index is 12.6. The lowest BCUT2D eigenvalue weighted by atomic mass is 10.1. The summed E-state index contributed by atoms with van der Waals surface area (Å²) in [6.45, 7) is 7.13. The second-order valence-electron chi connectivity index (χ2n) is 7.60. The molecule has 31 heavy (non-hydrogen) atoms. The van der Waals surface area contributed by atoms with Crippen LogP contribution in [0.5, 0.6) is 0 Å². The average molecular weight is 433 g/mol. The van der Waals surface area contributed by atoms with E-state index in [9.17, 15) is 9.59 Å². The number of amides is 1. The van der Waals surface area contributed by atoms with E-state index in [1.165, 1.54) is 13.8 Å². The number of benzene rings is 2. The first-order valence-corrected chi connectivity index (χ1v) is 10.9. The average Bonchev–Trinajstić information content (AvgIpc) is 3.32. The van der Waals surface area contributed by atoms with E-state index < -0.39 is 0 Å². The SMILES string of the molecule is CC(=O)Nc1ccc(N2C(C(C)=O)=NN(c3ccc(C)cc3)[C@H]2c2sccc2C)cc1. The molecule has 0 spiro atoms. The third-order valence-electron chi connectivity index (χ3n) is 5.12. The minimum absolute atomic E-state index is 0.111. The zero-order valence-corrected chi connectivity index (χ0v) is 18.7. The number of nitrogens with zero attached hydrogens (tertiary/aromatic N) is 3. The molecule has 7 heteroatoms. The first-order valence-electron chi connectivity index (χ1n) is 10.0. The van der Waals surface area contributed by atoms with E-state index in [1.54, 1.807) is 11.3 Å². The van der Waals surface area contributed by atoms with Crippen LogP contribution < -0.4 is 15.2 Å². The topological polar surface area (TPSA) is 65.0 Å².